The number of halogens is 1. The van der Waals surface area contributed by atoms with E-state index in [4.69, 9.17) is 0 Å². The number of anilines is 1. The topological polar surface area (TPSA) is 47.6 Å². The molecule has 2 aliphatic rings. The molecule has 2 aliphatic heterocycles. The minimum atomic E-state index is -0.256. The van der Waals surface area contributed by atoms with Crippen molar-refractivity contribution in [3.63, 3.8) is 0 Å². The van der Waals surface area contributed by atoms with Gasteiger partial charge in [0.05, 0.1) is 12.0 Å². The predicted octanol–water partition coefficient (Wildman–Crippen LogP) is 1.75. The van der Waals surface area contributed by atoms with Crippen molar-refractivity contribution in [2.24, 2.45) is 5.92 Å². The summed E-state index contributed by atoms with van der Waals surface area (Å²) < 4.78 is 13.9. The van der Waals surface area contributed by atoms with Crippen molar-refractivity contribution in [2.45, 2.75) is 25.8 Å². The van der Waals surface area contributed by atoms with E-state index < -0.39 is 0 Å². The molecule has 5 nitrogen and oxygen atoms in total. The molecule has 25 heavy (non-hydrogen) atoms. The van der Waals surface area contributed by atoms with Crippen molar-refractivity contribution in [3.8, 4) is 0 Å². The Balaban J connectivity index is 1.73. The Labute approximate surface area is 149 Å². The van der Waals surface area contributed by atoms with Gasteiger partial charge in [0.15, 0.2) is 0 Å². The number of carbonyl (C=O) groups is 1. The highest BCUT2D eigenvalue weighted by atomic mass is 19.1. The zero-order valence-corrected chi connectivity index (χ0v) is 15.2. The Bertz CT molecular complexity index is 595. The summed E-state index contributed by atoms with van der Waals surface area (Å²) in [6.07, 6.45) is 1.94. The van der Waals surface area contributed by atoms with E-state index in [1.165, 1.54) is 6.07 Å². The lowest BCUT2D eigenvalue weighted by molar-refractivity contribution is -0.126. The van der Waals surface area contributed by atoms with Crippen LogP contribution in [0, 0.1) is 11.7 Å². The van der Waals surface area contributed by atoms with E-state index in [2.05, 4.69) is 27.5 Å². The highest BCUT2D eigenvalue weighted by Gasteiger charge is 2.25. The van der Waals surface area contributed by atoms with Gasteiger partial charge in [-0.15, -0.1) is 0 Å². The maximum Gasteiger partial charge on any atom is 0.224 e. The van der Waals surface area contributed by atoms with Crippen LogP contribution in [0.15, 0.2) is 18.2 Å². The van der Waals surface area contributed by atoms with Crippen LogP contribution in [0.3, 0.4) is 0 Å². The first-order valence-electron chi connectivity index (χ1n) is 9.28. The lowest BCUT2D eigenvalue weighted by Crippen LogP contribution is -2.45. The maximum atomic E-state index is 13.9. The summed E-state index contributed by atoms with van der Waals surface area (Å²) >= 11 is 0. The fourth-order valence-corrected chi connectivity index (χ4v) is 3.69. The minimum Gasteiger partial charge on any atom is -0.369 e. The molecule has 3 rings (SSSR count). The second kappa shape index (κ2) is 8.15. The van der Waals surface area contributed by atoms with Crippen molar-refractivity contribution in [2.75, 3.05) is 51.2 Å². The lowest BCUT2D eigenvalue weighted by Gasteiger charge is -2.36. The van der Waals surface area contributed by atoms with Crippen molar-refractivity contribution < 1.29 is 9.18 Å². The first-order chi connectivity index (χ1) is 12.0. The van der Waals surface area contributed by atoms with E-state index in [-0.39, 0.29) is 23.7 Å². The summed E-state index contributed by atoms with van der Waals surface area (Å²) in [5.41, 5.74) is 1.89. The predicted molar refractivity (Wildman–Crippen MR) is 98.3 cm³/mol. The molecule has 2 saturated heterocycles. The van der Waals surface area contributed by atoms with Crippen LogP contribution in [0.4, 0.5) is 10.1 Å². The average molecular weight is 348 g/mol. The standard InChI is InChI=1S/C19H29FN4O/c1-14(22-19(25)15-4-3-7-21-13-15)17-12-16(20)5-6-18(17)24-10-8-23(2)9-11-24/h5-6,12,14-15,21H,3-4,7-11,13H2,1-2H3,(H,22,25). The maximum absolute atomic E-state index is 13.9. The molecule has 2 atom stereocenters. The fourth-order valence-electron chi connectivity index (χ4n) is 3.69. The molecule has 1 amide bonds. The molecule has 0 bridgehead atoms. The summed E-state index contributed by atoms with van der Waals surface area (Å²) in [6.45, 7) is 7.48. The number of carbonyl (C=O) groups excluding carboxylic acids is 1. The van der Waals surface area contributed by atoms with E-state index in [9.17, 15) is 9.18 Å². The van der Waals surface area contributed by atoms with E-state index in [0.29, 0.717) is 0 Å². The van der Waals surface area contributed by atoms with Gasteiger partial charge in [0.1, 0.15) is 5.82 Å². The van der Waals surface area contributed by atoms with Crippen LogP contribution in [0.5, 0.6) is 0 Å². The fraction of sp³-hybridized carbons (Fsp3) is 0.632. The third-order valence-corrected chi connectivity index (χ3v) is 5.33. The number of nitrogens with one attached hydrogen (secondary N) is 2. The quantitative estimate of drug-likeness (QED) is 0.870. The van der Waals surface area contributed by atoms with Crippen LogP contribution in [-0.4, -0.2) is 57.1 Å². The monoisotopic (exact) mass is 348 g/mol. The molecule has 0 aliphatic carbocycles. The molecule has 0 saturated carbocycles. The van der Waals surface area contributed by atoms with Crippen LogP contribution in [0.2, 0.25) is 0 Å². The number of hydrogen-bond acceptors (Lipinski definition) is 4. The minimum absolute atomic E-state index is 0.0110. The molecule has 0 spiro atoms. The van der Waals surface area contributed by atoms with Crippen molar-refractivity contribution in [1.29, 1.82) is 0 Å². The molecule has 2 fully saturated rings. The molecule has 2 heterocycles. The summed E-state index contributed by atoms with van der Waals surface area (Å²) in [7, 11) is 2.12. The van der Waals surface area contributed by atoms with E-state index in [1.54, 1.807) is 6.07 Å². The van der Waals surface area contributed by atoms with Gasteiger partial charge in [-0.2, -0.15) is 0 Å². The zero-order chi connectivity index (χ0) is 17.8. The molecule has 0 radical (unpaired) electrons. The smallest absolute Gasteiger partial charge is 0.224 e. The summed E-state index contributed by atoms with van der Waals surface area (Å²) in [5, 5.41) is 6.37. The Morgan fingerprint density at radius 2 is 2.08 bits per heavy atom. The molecule has 6 heteroatoms. The van der Waals surface area contributed by atoms with Crippen molar-refractivity contribution in [1.82, 2.24) is 15.5 Å². The van der Waals surface area contributed by atoms with Crippen LogP contribution >= 0.6 is 0 Å². The van der Waals surface area contributed by atoms with Gasteiger partial charge in [0, 0.05) is 44.0 Å². The number of rotatable bonds is 4. The Hall–Kier alpha value is -1.66. The van der Waals surface area contributed by atoms with Crippen molar-refractivity contribution >= 4 is 11.6 Å². The summed E-state index contributed by atoms with van der Waals surface area (Å²) in [6, 6.07) is 4.72. The van der Waals surface area contributed by atoms with Gasteiger partial charge in [0.25, 0.3) is 0 Å². The summed E-state index contributed by atoms with van der Waals surface area (Å²) in [4.78, 5) is 17.1. The van der Waals surface area contributed by atoms with E-state index in [0.717, 1.165) is 63.4 Å². The molecule has 2 N–H and O–H groups in total. The first kappa shape index (κ1) is 18.1. The lowest BCUT2D eigenvalue weighted by atomic mass is 9.97. The summed E-state index contributed by atoms with van der Waals surface area (Å²) in [5.74, 6) is -0.182. The second-order valence-corrected chi connectivity index (χ2v) is 7.27. The molecular weight excluding hydrogens is 319 g/mol. The third-order valence-electron chi connectivity index (χ3n) is 5.33. The van der Waals surface area contributed by atoms with E-state index >= 15 is 0 Å². The van der Waals surface area contributed by atoms with Gasteiger partial charge in [-0.25, -0.2) is 4.39 Å². The SMILES string of the molecule is CC(NC(=O)C1CCCNC1)c1cc(F)ccc1N1CCN(C)CC1. The number of piperazine rings is 1. The zero-order valence-electron chi connectivity index (χ0n) is 15.2. The third kappa shape index (κ3) is 4.50. The number of amides is 1. The van der Waals surface area contributed by atoms with Crippen molar-refractivity contribution in [3.05, 3.63) is 29.6 Å². The van der Waals surface area contributed by atoms with Gasteiger partial charge >= 0.3 is 0 Å². The van der Waals surface area contributed by atoms with Gasteiger partial charge in [-0.05, 0) is 51.6 Å². The number of piperidine rings is 1. The van der Waals surface area contributed by atoms with Crippen LogP contribution < -0.4 is 15.5 Å². The Kier molecular flexibility index (Phi) is 5.91. The van der Waals surface area contributed by atoms with Crippen LogP contribution in [0.1, 0.15) is 31.4 Å². The first-order valence-corrected chi connectivity index (χ1v) is 9.28. The number of nitrogens with zero attached hydrogens (tertiary/aromatic N) is 2. The molecule has 0 aromatic heterocycles. The average Bonchev–Trinajstić information content (AvgIpc) is 2.63. The number of hydrogen-bond donors (Lipinski definition) is 2. The van der Waals surface area contributed by atoms with Gasteiger partial charge in [0.2, 0.25) is 5.91 Å². The Morgan fingerprint density at radius 1 is 1.32 bits per heavy atom. The molecule has 1 aromatic carbocycles. The van der Waals surface area contributed by atoms with E-state index in [1.807, 2.05) is 13.0 Å². The Morgan fingerprint density at radius 3 is 2.76 bits per heavy atom. The molecule has 2 unspecified atom stereocenters. The number of benzene rings is 1. The highest BCUT2D eigenvalue weighted by Crippen LogP contribution is 2.28. The van der Waals surface area contributed by atoms with Gasteiger partial charge in [-0.1, -0.05) is 0 Å². The van der Waals surface area contributed by atoms with Crippen LogP contribution in [-0.2, 0) is 4.79 Å². The molecule has 1 aromatic rings. The second-order valence-electron chi connectivity index (χ2n) is 7.27. The van der Waals surface area contributed by atoms with Crippen LogP contribution in [0.25, 0.3) is 0 Å². The van der Waals surface area contributed by atoms with Gasteiger partial charge in [-0.3, -0.25) is 4.79 Å². The molecule has 138 valence electrons. The highest BCUT2D eigenvalue weighted by molar-refractivity contribution is 5.79. The van der Waals surface area contributed by atoms with Gasteiger partial charge < -0.3 is 20.4 Å². The number of likely N-dealkylation sites (N-methyl/N-ethyl adjacent to an activating group) is 1. The molecular formula is C19H29FN4O. The normalized spacial score (nSPS) is 23.3. The largest absolute Gasteiger partial charge is 0.369 e.